The summed E-state index contributed by atoms with van der Waals surface area (Å²) in [5, 5.41) is 0. The van der Waals surface area contributed by atoms with Gasteiger partial charge in [-0.05, 0) is 25.0 Å². The minimum absolute atomic E-state index is 0.175. The lowest BCUT2D eigenvalue weighted by Gasteiger charge is -2.37. The summed E-state index contributed by atoms with van der Waals surface area (Å²) in [6.07, 6.45) is 2.48. The fourth-order valence-electron chi connectivity index (χ4n) is 3.89. The van der Waals surface area contributed by atoms with Crippen molar-refractivity contribution in [1.82, 2.24) is 14.5 Å². The van der Waals surface area contributed by atoms with Crippen LogP contribution in [0.1, 0.15) is 36.4 Å². The Morgan fingerprint density at radius 2 is 1.72 bits per heavy atom. The molecule has 2 heterocycles. The van der Waals surface area contributed by atoms with Crippen LogP contribution in [0.15, 0.2) is 67.0 Å². The summed E-state index contributed by atoms with van der Waals surface area (Å²) in [4.78, 5) is 19.7. The van der Waals surface area contributed by atoms with Crippen LogP contribution in [0.2, 0.25) is 0 Å². The summed E-state index contributed by atoms with van der Waals surface area (Å²) in [5.74, 6) is -0.175. The number of carbonyl (C=O) groups is 1. The van der Waals surface area contributed by atoms with Gasteiger partial charge in [-0.2, -0.15) is 0 Å². The lowest BCUT2D eigenvalue weighted by Crippen LogP contribution is -2.49. The number of aromatic nitrogens is 2. The number of ether oxygens (including phenoxy) is 1. The van der Waals surface area contributed by atoms with Gasteiger partial charge < -0.3 is 9.30 Å². The maximum Gasteiger partial charge on any atom is 0.324 e. The second-order valence-electron chi connectivity index (χ2n) is 7.83. The average Bonchev–Trinajstić information content (AvgIpc) is 3.14. The third-order valence-electron chi connectivity index (χ3n) is 5.51. The third kappa shape index (κ3) is 4.40. The van der Waals surface area contributed by atoms with Crippen LogP contribution in [0.3, 0.4) is 0 Å². The highest BCUT2D eigenvalue weighted by atomic mass is 16.5. The quantitative estimate of drug-likeness (QED) is 0.602. The molecule has 0 aliphatic carbocycles. The van der Waals surface area contributed by atoms with Crippen LogP contribution in [-0.4, -0.2) is 32.5 Å². The van der Waals surface area contributed by atoms with Gasteiger partial charge in [0.25, 0.3) is 0 Å². The molecule has 0 saturated carbocycles. The largest absolute Gasteiger partial charge is 0.460 e. The molecule has 0 amide bonds. The fraction of sp³-hybridized carbons (Fsp3) is 0.333. The molecule has 0 spiro atoms. The maximum absolute atomic E-state index is 12.9. The lowest BCUT2D eigenvalue weighted by atomic mass is 10.0. The van der Waals surface area contributed by atoms with E-state index in [1.54, 1.807) is 0 Å². The summed E-state index contributed by atoms with van der Waals surface area (Å²) >= 11 is 0. The fourth-order valence-corrected chi connectivity index (χ4v) is 3.89. The van der Waals surface area contributed by atoms with Gasteiger partial charge in [-0.3, -0.25) is 9.69 Å². The Morgan fingerprint density at radius 3 is 2.38 bits per heavy atom. The van der Waals surface area contributed by atoms with E-state index in [0.29, 0.717) is 19.6 Å². The molecule has 1 atom stereocenters. The first-order valence-electron chi connectivity index (χ1n) is 10.1. The van der Waals surface area contributed by atoms with Crippen molar-refractivity contribution in [3.63, 3.8) is 0 Å². The van der Waals surface area contributed by atoms with Crippen molar-refractivity contribution < 1.29 is 9.53 Å². The molecule has 0 radical (unpaired) electrons. The third-order valence-corrected chi connectivity index (χ3v) is 5.51. The van der Waals surface area contributed by atoms with Crippen molar-refractivity contribution in [2.24, 2.45) is 0 Å². The molecule has 0 bridgehead atoms. The Morgan fingerprint density at radius 1 is 1.07 bits per heavy atom. The molecular formula is C24H27N3O2. The Kier molecular flexibility index (Phi) is 5.76. The highest BCUT2D eigenvalue weighted by molar-refractivity contribution is 5.76. The van der Waals surface area contributed by atoms with E-state index < -0.39 is 0 Å². The van der Waals surface area contributed by atoms with Gasteiger partial charge in [0.2, 0.25) is 0 Å². The van der Waals surface area contributed by atoms with Gasteiger partial charge >= 0.3 is 5.97 Å². The van der Waals surface area contributed by atoms with E-state index in [-0.39, 0.29) is 18.1 Å². The average molecular weight is 389 g/mol. The molecule has 1 aliphatic heterocycles. The maximum atomic E-state index is 12.9. The number of benzene rings is 2. The van der Waals surface area contributed by atoms with Gasteiger partial charge in [0.05, 0.1) is 17.7 Å². The number of rotatable bonds is 6. The summed E-state index contributed by atoms with van der Waals surface area (Å²) in [5.41, 5.74) is 4.43. The van der Waals surface area contributed by atoms with Crippen LogP contribution in [0.25, 0.3) is 0 Å². The van der Waals surface area contributed by atoms with E-state index in [1.165, 1.54) is 11.3 Å². The van der Waals surface area contributed by atoms with Crippen LogP contribution >= 0.6 is 0 Å². The van der Waals surface area contributed by atoms with Crippen molar-refractivity contribution >= 4 is 5.97 Å². The predicted octanol–water partition coefficient (Wildman–Crippen LogP) is 3.81. The van der Waals surface area contributed by atoms with Crippen LogP contribution in [0.4, 0.5) is 0 Å². The second-order valence-corrected chi connectivity index (χ2v) is 7.83. The first-order chi connectivity index (χ1) is 14.1. The van der Waals surface area contributed by atoms with Gasteiger partial charge in [0.15, 0.2) is 0 Å². The zero-order chi connectivity index (χ0) is 20.2. The highest BCUT2D eigenvalue weighted by Crippen LogP contribution is 2.26. The highest BCUT2D eigenvalue weighted by Gasteiger charge is 2.36. The van der Waals surface area contributed by atoms with Crippen molar-refractivity contribution in [3.05, 3.63) is 89.5 Å². The van der Waals surface area contributed by atoms with Crippen molar-refractivity contribution in [2.75, 3.05) is 0 Å². The van der Waals surface area contributed by atoms with E-state index in [9.17, 15) is 4.79 Å². The van der Waals surface area contributed by atoms with Gasteiger partial charge in [-0.15, -0.1) is 0 Å². The number of hydrogen-bond acceptors (Lipinski definition) is 4. The normalized spacial score (nSPS) is 16.6. The number of nitrogens with zero attached hydrogens (tertiary/aromatic N) is 3. The number of hydrogen-bond donors (Lipinski definition) is 0. The minimum atomic E-state index is -0.300. The summed E-state index contributed by atoms with van der Waals surface area (Å²) in [7, 11) is 0. The van der Waals surface area contributed by atoms with E-state index in [4.69, 9.17) is 4.74 Å². The molecule has 0 fully saturated rings. The van der Waals surface area contributed by atoms with E-state index in [0.717, 1.165) is 17.8 Å². The zero-order valence-electron chi connectivity index (χ0n) is 17.0. The number of fused-ring (bicyclic) bond motifs is 1. The molecule has 0 N–H and O–H groups in total. The molecule has 3 aromatic rings. The predicted molar refractivity (Wildman–Crippen MR) is 112 cm³/mol. The van der Waals surface area contributed by atoms with E-state index in [2.05, 4.69) is 52.6 Å². The first-order valence-corrected chi connectivity index (χ1v) is 10.1. The zero-order valence-corrected chi connectivity index (χ0v) is 17.0. The molecule has 1 aliphatic rings. The van der Waals surface area contributed by atoms with E-state index >= 15 is 0 Å². The van der Waals surface area contributed by atoms with Gasteiger partial charge in [-0.25, -0.2) is 4.98 Å². The molecule has 29 heavy (non-hydrogen) atoms. The molecule has 5 nitrogen and oxygen atoms in total. The molecule has 1 aromatic heterocycles. The standard InChI is InChI=1S/C24H27N3O2/c1-18(2)27-15-23-21(25-17-26(23)14-19-9-5-3-6-10-19)13-22(27)24(28)29-16-20-11-7-4-8-12-20/h3-12,17-18,22H,13-16H2,1-2H3. The molecule has 5 heteroatoms. The Bertz CT molecular complexity index is 951. The summed E-state index contributed by atoms with van der Waals surface area (Å²) < 4.78 is 7.85. The number of esters is 1. The SMILES string of the molecule is CC(C)N1Cc2c(ncn2Cc2ccccc2)CC1C(=O)OCc1ccccc1. The van der Waals surface area contributed by atoms with Gasteiger partial charge in [0, 0.05) is 25.6 Å². The first kappa shape index (κ1) is 19.4. The molecular weight excluding hydrogens is 362 g/mol. The van der Waals surface area contributed by atoms with Crippen LogP contribution in [0, 0.1) is 0 Å². The van der Waals surface area contributed by atoms with Crippen LogP contribution in [-0.2, 0) is 35.6 Å². The van der Waals surface area contributed by atoms with Crippen molar-refractivity contribution in [2.45, 2.75) is 52.0 Å². The number of carbonyl (C=O) groups excluding carboxylic acids is 1. The molecule has 1 unspecified atom stereocenters. The summed E-state index contributed by atoms with van der Waals surface area (Å²) in [6, 6.07) is 20.1. The van der Waals surface area contributed by atoms with Crippen molar-refractivity contribution in [1.29, 1.82) is 0 Å². The molecule has 0 saturated heterocycles. The van der Waals surface area contributed by atoms with Crippen LogP contribution < -0.4 is 0 Å². The topological polar surface area (TPSA) is 47.4 Å². The van der Waals surface area contributed by atoms with E-state index in [1.807, 2.05) is 42.7 Å². The van der Waals surface area contributed by atoms with Gasteiger partial charge in [-0.1, -0.05) is 60.7 Å². The Hall–Kier alpha value is -2.92. The van der Waals surface area contributed by atoms with Crippen molar-refractivity contribution in [3.8, 4) is 0 Å². The smallest absolute Gasteiger partial charge is 0.324 e. The van der Waals surface area contributed by atoms with Gasteiger partial charge in [0.1, 0.15) is 12.6 Å². The molecule has 150 valence electrons. The van der Waals surface area contributed by atoms with Crippen LogP contribution in [0.5, 0.6) is 0 Å². The minimum Gasteiger partial charge on any atom is -0.460 e. The second kappa shape index (κ2) is 8.62. The molecule has 2 aromatic carbocycles. The Labute approximate surface area is 171 Å². The monoisotopic (exact) mass is 389 g/mol. The summed E-state index contributed by atoms with van der Waals surface area (Å²) in [6.45, 7) is 6.04. The Balaban J connectivity index is 1.50. The lowest BCUT2D eigenvalue weighted by molar-refractivity contribution is -0.153. The molecule has 4 rings (SSSR count). The number of imidazole rings is 1.